The molecule has 0 aliphatic heterocycles. The number of benzene rings is 3. The van der Waals surface area contributed by atoms with Crippen molar-refractivity contribution in [3.05, 3.63) is 109 Å². The van der Waals surface area contributed by atoms with E-state index in [1.165, 1.54) is 16.2 Å². The highest BCUT2D eigenvalue weighted by molar-refractivity contribution is 8.22. The third-order valence-corrected chi connectivity index (χ3v) is 10.8. The van der Waals surface area contributed by atoms with E-state index in [-0.39, 0.29) is 0 Å². The van der Waals surface area contributed by atoms with Crippen molar-refractivity contribution in [2.75, 3.05) is 0 Å². The van der Waals surface area contributed by atoms with Crippen molar-refractivity contribution < 1.29 is 0 Å². The third-order valence-electron chi connectivity index (χ3n) is 5.32. The summed E-state index contributed by atoms with van der Waals surface area (Å²) in [5, 5.41) is 2.65. The SMILES string of the molecule is S=P(c1ccccc1)(c1ccccc1)[C@H]1C=CC[C@@H](c2ccccc2)C1. The maximum absolute atomic E-state index is 6.52. The van der Waals surface area contributed by atoms with Crippen LogP contribution in [0, 0.1) is 0 Å². The van der Waals surface area contributed by atoms with E-state index in [1.807, 2.05) is 0 Å². The topological polar surface area (TPSA) is 0 Å². The predicted octanol–water partition coefficient (Wildman–Crippen LogP) is 5.62. The van der Waals surface area contributed by atoms with Gasteiger partial charge in [0.05, 0.1) is 0 Å². The Morgan fingerprint density at radius 1 is 0.692 bits per heavy atom. The van der Waals surface area contributed by atoms with E-state index in [0.29, 0.717) is 11.6 Å². The minimum Gasteiger partial charge on any atom is -0.0872 e. The van der Waals surface area contributed by atoms with Crippen molar-refractivity contribution in [2.24, 2.45) is 0 Å². The summed E-state index contributed by atoms with van der Waals surface area (Å²) < 4.78 is 0. The first-order chi connectivity index (χ1) is 12.8. The van der Waals surface area contributed by atoms with Crippen molar-refractivity contribution in [1.82, 2.24) is 0 Å². The molecule has 3 aromatic rings. The van der Waals surface area contributed by atoms with Gasteiger partial charge in [-0.25, -0.2) is 0 Å². The molecule has 1 aliphatic rings. The van der Waals surface area contributed by atoms with E-state index in [9.17, 15) is 0 Å². The molecule has 0 fully saturated rings. The van der Waals surface area contributed by atoms with Gasteiger partial charge in [0.2, 0.25) is 0 Å². The normalized spacial score (nSPS) is 20.0. The summed E-state index contributed by atoms with van der Waals surface area (Å²) >= 11 is 6.52. The van der Waals surface area contributed by atoms with Crippen molar-refractivity contribution in [3.63, 3.8) is 0 Å². The standard InChI is InChI=1S/C24H23PS/c26-25(22-14-6-2-7-15-22,23-16-8-3-9-17-23)24-18-10-13-21(19-24)20-11-4-1-5-12-20/h1-12,14-18,21,24H,13,19H2/t21-,24+/m1/s1. The van der Waals surface area contributed by atoms with Gasteiger partial charge in [-0.1, -0.05) is 115 Å². The minimum atomic E-state index is -1.91. The van der Waals surface area contributed by atoms with Gasteiger partial charge in [-0.05, 0) is 34.9 Å². The second kappa shape index (κ2) is 7.74. The van der Waals surface area contributed by atoms with Gasteiger partial charge in [0.15, 0.2) is 0 Å². The second-order valence-corrected chi connectivity index (χ2v) is 11.6. The fourth-order valence-corrected chi connectivity index (χ4v) is 8.37. The van der Waals surface area contributed by atoms with E-state index < -0.39 is 6.04 Å². The van der Waals surface area contributed by atoms with Crippen LogP contribution in [0.15, 0.2) is 103 Å². The van der Waals surface area contributed by atoms with E-state index in [2.05, 4.69) is 103 Å². The Bertz CT molecular complexity index is 873. The van der Waals surface area contributed by atoms with Gasteiger partial charge in [0.25, 0.3) is 0 Å². The molecule has 0 amide bonds. The van der Waals surface area contributed by atoms with Gasteiger partial charge in [0.1, 0.15) is 0 Å². The summed E-state index contributed by atoms with van der Waals surface area (Å²) in [6.45, 7) is 0. The molecule has 0 heterocycles. The molecule has 0 spiro atoms. The van der Waals surface area contributed by atoms with Crippen LogP contribution in [0.4, 0.5) is 0 Å². The summed E-state index contributed by atoms with van der Waals surface area (Å²) in [5.41, 5.74) is 1.84. The first-order valence-electron chi connectivity index (χ1n) is 9.21. The molecular formula is C24H23PS. The van der Waals surface area contributed by atoms with Gasteiger partial charge in [0, 0.05) is 11.7 Å². The minimum absolute atomic E-state index is 0.404. The lowest BCUT2D eigenvalue weighted by Crippen LogP contribution is -2.27. The Kier molecular flexibility index (Phi) is 5.20. The van der Waals surface area contributed by atoms with E-state index in [1.54, 1.807) is 0 Å². The largest absolute Gasteiger partial charge is 0.0872 e. The van der Waals surface area contributed by atoms with Gasteiger partial charge in [-0.2, -0.15) is 0 Å². The zero-order chi connectivity index (χ0) is 17.8. The molecule has 0 N–H and O–H groups in total. The molecule has 1 aliphatic carbocycles. The second-order valence-electron chi connectivity index (χ2n) is 6.90. The van der Waals surface area contributed by atoms with Crippen LogP contribution in [-0.4, -0.2) is 5.66 Å². The highest BCUT2D eigenvalue weighted by Crippen LogP contribution is 2.54. The summed E-state index contributed by atoms with van der Waals surface area (Å²) in [6, 6.07) is 30.6. The lowest BCUT2D eigenvalue weighted by molar-refractivity contribution is 0.623. The Labute approximate surface area is 161 Å². The maximum Gasteiger partial charge on any atom is 0.0171 e. The maximum atomic E-state index is 6.52. The lowest BCUT2D eigenvalue weighted by atomic mass is 9.88. The molecule has 3 aromatic carbocycles. The van der Waals surface area contributed by atoms with Crippen LogP contribution >= 0.6 is 6.04 Å². The molecule has 0 nitrogen and oxygen atoms in total. The molecule has 2 atom stereocenters. The molecule has 4 rings (SSSR count). The quantitative estimate of drug-likeness (QED) is 0.422. The fourth-order valence-electron chi connectivity index (χ4n) is 3.96. The zero-order valence-corrected chi connectivity index (χ0v) is 16.5. The summed E-state index contributed by atoms with van der Waals surface area (Å²) in [6.07, 6.45) is 7.00. The summed E-state index contributed by atoms with van der Waals surface area (Å²) in [4.78, 5) is 0. The average Bonchev–Trinajstić information content (AvgIpc) is 2.75. The highest BCUT2D eigenvalue weighted by atomic mass is 32.4. The fraction of sp³-hybridized carbons (Fsp3) is 0.167. The molecule has 0 bridgehead atoms. The molecule has 0 saturated carbocycles. The van der Waals surface area contributed by atoms with Gasteiger partial charge in [-0.15, -0.1) is 0 Å². The molecule has 2 heteroatoms. The molecule has 0 aromatic heterocycles. The van der Waals surface area contributed by atoms with Crippen molar-refractivity contribution in [3.8, 4) is 0 Å². The molecule has 0 saturated heterocycles. The predicted molar refractivity (Wildman–Crippen MR) is 118 cm³/mol. The van der Waals surface area contributed by atoms with Crippen LogP contribution in [0.5, 0.6) is 0 Å². The number of rotatable bonds is 4. The Morgan fingerprint density at radius 3 is 1.73 bits per heavy atom. The van der Waals surface area contributed by atoms with Gasteiger partial charge < -0.3 is 0 Å². The molecule has 0 radical (unpaired) electrons. The third kappa shape index (κ3) is 3.34. The Hall–Kier alpha value is -1.95. The van der Waals surface area contributed by atoms with Crippen molar-refractivity contribution in [1.29, 1.82) is 0 Å². The van der Waals surface area contributed by atoms with Crippen LogP contribution in [-0.2, 0) is 11.8 Å². The first-order valence-corrected chi connectivity index (χ1v) is 12.1. The zero-order valence-electron chi connectivity index (χ0n) is 14.7. The number of hydrogen-bond donors (Lipinski definition) is 0. The molecule has 26 heavy (non-hydrogen) atoms. The highest BCUT2D eigenvalue weighted by Gasteiger charge is 2.33. The van der Waals surface area contributed by atoms with E-state index >= 15 is 0 Å². The van der Waals surface area contributed by atoms with Crippen LogP contribution < -0.4 is 10.6 Å². The molecule has 130 valence electrons. The van der Waals surface area contributed by atoms with Gasteiger partial charge >= 0.3 is 0 Å². The lowest BCUT2D eigenvalue weighted by Gasteiger charge is -2.35. The Balaban J connectivity index is 1.77. The van der Waals surface area contributed by atoms with Crippen molar-refractivity contribution in [2.45, 2.75) is 24.4 Å². The van der Waals surface area contributed by atoms with Crippen LogP contribution in [0.2, 0.25) is 0 Å². The van der Waals surface area contributed by atoms with E-state index in [4.69, 9.17) is 11.8 Å². The number of allylic oxidation sites excluding steroid dienone is 2. The smallest absolute Gasteiger partial charge is 0.0171 e. The molecule has 0 unspecified atom stereocenters. The summed E-state index contributed by atoms with van der Waals surface area (Å²) in [5.74, 6) is 0.556. The summed E-state index contributed by atoms with van der Waals surface area (Å²) in [7, 11) is 0. The first kappa shape index (κ1) is 17.5. The Morgan fingerprint density at radius 2 is 1.19 bits per heavy atom. The molecular weight excluding hydrogens is 351 g/mol. The van der Waals surface area contributed by atoms with Gasteiger partial charge in [-0.3, -0.25) is 0 Å². The van der Waals surface area contributed by atoms with Crippen LogP contribution in [0.3, 0.4) is 0 Å². The average molecular weight is 374 g/mol. The monoisotopic (exact) mass is 374 g/mol. The van der Waals surface area contributed by atoms with Crippen molar-refractivity contribution >= 4 is 28.5 Å². The van der Waals surface area contributed by atoms with E-state index in [0.717, 1.165) is 12.8 Å². The number of hydrogen-bond acceptors (Lipinski definition) is 1. The van der Waals surface area contributed by atoms with Crippen LogP contribution in [0.1, 0.15) is 24.3 Å². The van der Waals surface area contributed by atoms with Crippen LogP contribution in [0.25, 0.3) is 0 Å².